The number of benzene rings is 1. The van der Waals surface area contributed by atoms with E-state index in [1.807, 2.05) is 6.92 Å². The molecule has 0 aliphatic rings. The van der Waals surface area contributed by atoms with E-state index < -0.39 is 0 Å². The minimum Gasteiger partial charge on any atom is -0.330 e. The van der Waals surface area contributed by atoms with Crippen LogP contribution in [0.3, 0.4) is 0 Å². The van der Waals surface area contributed by atoms with Gasteiger partial charge < -0.3 is 5.73 Å². The maximum absolute atomic E-state index is 13.0. The number of carbonyl (C=O) groups is 1. The first-order chi connectivity index (χ1) is 8.02. The second-order valence-electron chi connectivity index (χ2n) is 4.33. The minimum absolute atomic E-state index is 0.0674. The van der Waals surface area contributed by atoms with Gasteiger partial charge >= 0.3 is 0 Å². The van der Waals surface area contributed by atoms with E-state index >= 15 is 0 Å². The molecule has 1 atom stereocenters. The van der Waals surface area contributed by atoms with Crippen LogP contribution in [0, 0.1) is 11.7 Å². The Labute approximate surface area is 106 Å². The summed E-state index contributed by atoms with van der Waals surface area (Å²) in [4.78, 5) is 11.7. The van der Waals surface area contributed by atoms with Gasteiger partial charge in [0, 0.05) is 17.9 Å². The maximum atomic E-state index is 13.0. The SMILES string of the molecule is CC(CN)CCC(=O)Cc1cc(F)ccc1Cl. The van der Waals surface area contributed by atoms with E-state index in [2.05, 4.69) is 0 Å². The highest BCUT2D eigenvalue weighted by atomic mass is 35.5. The van der Waals surface area contributed by atoms with Crippen LogP contribution in [0.1, 0.15) is 25.3 Å². The molecule has 4 heteroatoms. The van der Waals surface area contributed by atoms with Crippen LogP contribution >= 0.6 is 11.6 Å². The molecule has 94 valence electrons. The van der Waals surface area contributed by atoms with Crippen molar-refractivity contribution < 1.29 is 9.18 Å². The molecule has 0 aromatic heterocycles. The first-order valence-electron chi connectivity index (χ1n) is 5.68. The Balaban J connectivity index is 2.53. The van der Waals surface area contributed by atoms with Gasteiger partial charge in [0.25, 0.3) is 0 Å². The largest absolute Gasteiger partial charge is 0.330 e. The van der Waals surface area contributed by atoms with Gasteiger partial charge in [-0.3, -0.25) is 4.79 Å². The van der Waals surface area contributed by atoms with Crippen LogP contribution in [0.4, 0.5) is 4.39 Å². The molecule has 2 nitrogen and oxygen atoms in total. The van der Waals surface area contributed by atoms with E-state index in [-0.39, 0.29) is 18.0 Å². The Morgan fingerprint density at radius 2 is 2.24 bits per heavy atom. The predicted octanol–water partition coefficient (Wildman–Crippen LogP) is 2.97. The molecule has 0 fully saturated rings. The Bertz CT molecular complexity index is 395. The molecule has 2 N–H and O–H groups in total. The Kier molecular flexibility index (Phi) is 5.59. The van der Waals surface area contributed by atoms with Gasteiger partial charge in [0.15, 0.2) is 0 Å². The molecule has 0 heterocycles. The predicted molar refractivity (Wildman–Crippen MR) is 67.6 cm³/mol. The molecule has 0 saturated heterocycles. The maximum Gasteiger partial charge on any atom is 0.137 e. The number of hydrogen-bond donors (Lipinski definition) is 1. The molecule has 0 spiro atoms. The average Bonchev–Trinajstić information content (AvgIpc) is 2.30. The second-order valence-corrected chi connectivity index (χ2v) is 4.74. The van der Waals surface area contributed by atoms with Crippen molar-refractivity contribution in [3.63, 3.8) is 0 Å². The number of Topliss-reactive ketones (excluding diaryl/α,β-unsaturated/α-hetero) is 1. The lowest BCUT2D eigenvalue weighted by Gasteiger charge is -2.08. The zero-order valence-corrected chi connectivity index (χ0v) is 10.6. The second kappa shape index (κ2) is 6.72. The monoisotopic (exact) mass is 257 g/mol. The van der Waals surface area contributed by atoms with Gasteiger partial charge in [-0.2, -0.15) is 0 Å². The van der Waals surface area contributed by atoms with Crippen molar-refractivity contribution in [3.05, 3.63) is 34.6 Å². The number of rotatable bonds is 6. The molecule has 1 unspecified atom stereocenters. The number of hydrogen-bond acceptors (Lipinski definition) is 2. The molecular formula is C13H17ClFNO. The summed E-state index contributed by atoms with van der Waals surface area (Å²) in [6, 6.07) is 4.07. The van der Waals surface area contributed by atoms with Crippen LogP contribution in [0.5, 0.6) is 0 Å². The van der Waals surface area contributed by atoms with Crippen LogP contribution in [0.15, 0.2) is 18.2 Å². The lowest BCUT2D eigenvalue weighted by atomic mass is 10.00. The van der Waals surface area contributed by atoms with E-state index in [9.17, 15) is 9.18 Å². The van der Waals surface area contributed by atoms with Crippen LogP contribution in [0.25, 0.3) is 0 Å². The number of halogens is 2. The minimum atomic E-state index is -0.368. The average molecular weight is 258 g/mol. The molecule has 0 aliphatic heterocycles. The van der Waals surface area contributed by atoms with Crippen LogP contribution in [0.2, 0.25) is 5.02 Å². The lowest BCUT2D eigenvalue weighted by molar-refractivity contribution is -0.118. The van der Waals surface area contributed by atoms with Gasteiger partial charge in [0.05, 0.1) is 0 Å². The van der Waals surface area contributed by atoms with Gasteiger partial charge in [0.1, 0.15) is 11.6 Å². The van der Waals surface area contributed by atoms with Crippen molar-refractivity contribution in [1.29, 1.82) is 0 Å². The van der Waals surface area contributed by atoms with Crippen molar-refractivity contribution in [1.82, 2.24) is 0 Å². The van der Waals surface area contributed by atoms with Gasteiger partial charge in [-0.25, -0.2) is 4.39 Å². The summed E-state index contributed by atoms with van der Waals surface area (Å²) in [6.07, 6.45) is 1.42. The van der Waals surface area contributed by atoms with E-state index in [0.717, 1.165) is 6.42 Å². The first-order valence-corrected chi connectivity index (χ1v) is 6.06. The van der Waals surface area contributed by atoms with Crippen molar-refractivity contribution in [2.75, 3.05) is 6.54 Å². The highest BCUT2D eigenvalue weighted by molar-refractivity contribution is 6.31. The summed E-state index contributed by atoms with van der Waals surface area (Å²) < 4.78 is 13.0. The van der Waals surface area contributed by atoms with Crippen LogP contribution in [-0.2, 0) is 11.2 Å². The van der Waals surface area contributed by atoms with E-state index in [1.165, 1.54) is 18.2 Å². The van der Waals surface area contributed by atoms with E-state index in [1.54, 1.807) is 0 Å². The highest BCUT2D eigenvalue weighted by Crippen LogP contribution is 2.18. The standard InChI is InChI=1S/C13H17ClFNO/c1-9(8-16)2-4-12(17)7-10-6-11(15)3-5-13(10)14/h3,5-6,9H,2,4,7-8,16H2,1H3. The van der Waals surface area contributed by atoms with E-state index in [0.29, 0.717) is 29.5 Å². The van der Waals surface area contributed by atoms with Gasteiger partial charge in [-0.1, -0.05) is 18.5 Å². The Hall–Kier alpha value is -0.930. The number of ketones is 1. The fourth-order valence-electron chi connectivity index (χ4n) is 1.50. The molecule has 1 rings (SSSR count). The van der Waals surface area contributed by atoms with Crippen LogP contribution < -0.4 is 5.73 Å². The Morgan fingerprint density at radius 3 is 2.88 bits per heavy atom. The summed E-state index contributed by atoms with van der Waals surface area (Å²) in [5.74, 6) is 0.0345. The molecule has 1 aromatic rings. The lowest BCUT2D eigenvalue weighted by Crippen LogP contribution is -2.13. The zero-order valence-electron chi connectivity index (χ0n) is 9.88. The summed E-state index contributed by atoms with van der Waals surface area (Å²) in [7, 11) is 0. The third kappa shape index (κ3) is 4.84. The highest BCUT2D eigenvalue weighted by Gasteiger charge is 2.10. The summed E-state index contributed by atoms with van der Waals surface area (Å²) in [5, 5.41) is 0.437. The van der Waals surface area contributed by atoms with Gasteiger partial charge in [-0.15, -0.1) is 0 Å². The molecule has 0 radical (unpaired) electrons. The third-order valence-corrected chi connectivity index (χ3v) is 3.08. The van der Waals surface area contributed by atoms with Crippen molar-refractivity contribution >= 4 is 17.4 Å². The van der Waals surface area contributed by atoms with Gasteiger partial charge in [-0.05, 0) is 42.6 Å². The number of nitrogens with two attached hydrogens (primary N) is 1. The summed E-state index contributed by atoms with van der Waals surface area (Å²) in [6.45, 7) is 2.58. The topological polar surface area (TPSA) is 43.1 Å². The summed E-state index contributed by atoms with van der Waals surface area (Å²) in [5.41, 5.74) is 6.03. The molecule has 17 heavy (non-hydrogen) atoms. The molecular weight excluding hydrogens is 241 g/mol. The van der Waals surface area contributed by atoms with Crippen molar-refractivity contribution in [2.24, 2.45) is 11.7 Å². The molecule has 1 aromatic carbocycles. The fourth-order valence-corrected chi connectivity index (χ4v) is 1.69. The van der Waals surface area contributed by atoms with Crippen LogP contribution in [-0.4, -0.2) is 12.3 Å². The Morgan fingerprint density at radius 1 is 1.53 bits per heavy atom. The molecule has 0 bridgehead atoms. The molecule has 0 aliphatic carbocycles. The third-order valence-electron chi connectivity index (χ3n) is 2.71. The smallest absolute Gasteiger partial charge is 0.137 e. The quantitative estimate of drug-likeness (QED) is 0.851. The number of carbonyl (C=O) groups excluding carboxylic acids is 1. The van der Waals surface area contributed by atoms with E-state index in [4.69, 9.17) is 17.3 Å². The van der Waals surface area contributed by atoms with Gasteiger partial charge in [0.2, 0.25) is 0 Å². The summed E-state index contributed by atoms with van der Waals surface area (Å²) >= 11 is 5.89. The van der Waals surface area contributed by atoms with Crippen molar-refractivity contribution in [3.8, 4) is 0 Å². The zero-order chi connectivity index (χ0) is 12.8. The molecule has 0 saturated carbocycles. The normalized spacial score (nSPS) is 12.5. The van der Waals surface area contributed by atoms with Crippen molar-refractivity contribution in [2.45, 2.75) is 26.2 Å². The first kappa shape index (κ1) is 14.1. The fraction of sp³-hybridized carbons (Fsp3) is 0.462. The molecule has 0 amide bonds.